The van der Waals surface area contributed by atoms with Gasteiger partial charge in [0.05, 0.1) is 13.2 Å². The number of hydrogen-bond donors (Lipinski definition) is 1. The van der Waals surface area contributed by atoms with Gasteiger partial charge in [-0.1, -0.05) is 41.6 Å². The first kappa shape index (κ1) is 15.3. The van der Waals surface area contributed by atoms with Gasteiger partial charge < -0.3 is 10.6 Å². The Bertz CT molecular complexity index is 607. The van der Waals surface area contributed by atoms with Crippen molar-refractivity contribution in [2.24, 2.45) is 0 Å². The predicted octanol–water partition coefficient (Wildman–Crippen LogP) is 1.39. The van der Waals surface area contributed by atoms with E-state index in [0.29, 0.717) is 5.82 Å². The molecule has 0 radical (unpaired) electrons. The predicted molar refractivity (Wildman–Crippen MR) is 88.3 cm³/mol. The van der Waals surface area contributed by atoms with Crippen LogP contribution in [0.2, 0.25) is 0 Å². The van der Waals surface area contributed by atoms with Gasteiger partial charge in [-0.05, 0) is 6.92 Å². The van der Waals surface area contributed by atoms with E-state index in [4.69, 9.17) is 10.6 Å². The molecule has 0 atom stereocenters. The largest absolute Gasteiger partial charge is 0.379 e. The summed E-state index contributed by atoms with van der Waals surface area (Å²) in [5.41, 5.74) is 2.20. The van der Waals surface area contributed by atoms with Gasteiger partial charge in [0.2, 0.25) is 5.16 Å². The highest BCUT2D eigenvalue weighted by Gasteiger charge is 2.14. The summed E-state index contributed by atoms with van der Waals surface area (Å²) in [6, 6.07) is 8.14. The van der Waals surface area contributed by atoms with Crippen molar-refractivity contribution in [1.29, 1.82) is 0 Å². The van der Waals surface area contributed by atoms with Crippen LogP contribution in [-0.4, -0.2) is 58.4 Å². The quantitative estimate of drug-likeness (QED) is 0.663. The molecule has 2 aromatic rings. The Morgan fingerprint density at radius 2 is 1.91 bits per heavy atom. The van der Waals surface area contributed by atoms with Crippen LogP contribution in [0.3, 0.4) is 0 Å². The van der Waals surface area contributed by atoms with Crippen molar-refractivity contribution in [2.75, 3.05) is 44.4 Å². The van der Waals surface area contributed by atoms with E-state index in [1.165, 1.54) is 5.56 Å². The minimum absolute atomic E-state index is 0.703. The van der Waals surface area contributed by atoms with Crippen molar-refractivity contribution in [3.63, 3.8) is 0 Å². The lowest BCUT2D eigenvalue weighted by molar-refractivity contribution is 0.0410. The van der Waals surface area contributed by atoms with Crippen molar-refractivity contribution in [3.8, 4) is 11.4 Å². The third kappa shape index (κ3) is 3.60. The second kappa shape index (κ2) is 7.13. The SMILES string of the molecule is Cc1ccc(-c2nnc(SCCN3CCOCC3)n2N)cc1. The van der Waals surface area contributed by atoms with Gasteiger partial charge in [-0.25, -0.2) is 4.68 Å². The van der Waals surface area contributed by atoms with Crippen LogP contribution in [0.5, 0.6) is 0 Å². The number of nitrogens with zero attached hydrogens (tertiary/aromatic N) is 4. The lowest BCUT2D eigenvalue weighted by Crippen LogP contribution is -2.37. The molecule has 0 unspecified atom stereocenters. The second-order valence-corrected chi connectivity index (χ2v) is 6.41. The van der Waals surface area contributed by atoms with E-state index in [0.717, 1.165) is 49.3 Å². The van der Waals surface area contributed by atoms with Gasteiger partial charge in [0.15, 0.2) is 5.82 Å². The molecule has 118 valence electrons. The molecular formula is C15H21N5OS. The molecule has 1 saturated heterocycles. The summed E-state index contributed by atoms with van der Waals surface area (Å²) in [7, 11) is 0. The molecule has 0 spiro atoms. The van der Waals surface area contributed by atoms with Crippen molar-refractivity contribution in [3.05, 3.63) is 29.8 Å². The zero-order valence-corrected chi connectivity index (χ0v) is 13.6. The molecule has 1 aliphatic heterocycles. The van der Waals surface area contributed by atoms with E-state index < -0.39 is 0 Å². The Labute approximate surface area is 134 Å². The van der Waals surface area contributed by atoms with Gasteiger partial charge in [0.25, 0.3) is 0 Å². The van der Waals surface area contributed by atoms with Crippen LogP contribution in [0.4, 0.5) is 0 Å². The standard InChI is InChI=1S/C15H21N5OS/c1-12-2-4-13(5-3-12)14-17-18-15(20(14)16)22-11-8-19-6-9-21-10-7-19/h2-5H,6-11,16H2,1H3. The minimum atomic E-state index is 0.703. The van der Waals surface area contributed by atoms with E-state index >= 15 is 0 Å². The number of rotatable bonds is 5. The minimum Gasteiger partial charge on any atom is -0.379 e. The first-order valence-electron chi connectivity index (χ1n) is 7.44. The Morgan fingerprint density at radius 1 is 1.18 bits per heavy atom. The van der Waals surface area contributed by atoms with Crippen molar-refractivity contribution < 1.29 is 4.74 Å². The monoisotopic (exact) mass is 319 g/mol. The molecule has 0 saturated carbocycles. The lowest BCUT2D eigenvalue weighted by Gasteiger charge is -2.26. The van der Waals surface area contributed by atoms with Gasteiger partial charge in [-0.15, -0.1) is 10.2 Å². The molecule has 1 fully saturated rings. The number of benzene rings is 1. The van der Waals surface area contributed by atoms with E-state index in [-0.39, 0.29) is 0 Å². The molecule has 2 heterocycles. The number of ether oxygens (including phenoxy) is 1. The molecule has 1 aromatic heterocycles. The number of morpholine rings is 1. The molecule has 0 aliphatic carbocycles. The maximum absolute atomic E-state index is 6.13. The number of thioether (sulfide) groups is 1. The van der Waals surface area contributed by atoms with Crippen molar-refractivity contribution in [1.82, 2.24) is 19.8 Å². The average molecular weight is 319 g/mol. The van der Waals surface area contributed by atoms with Crippen LogP contribution in [0.25, 0.3) is 11.4 Å². The highest BCUT2D eigenvalue weighted by molar-refractivity contribution is 7.99. The van der Waals surface area contributed by atoms with Gasteiger partial charge in [0.1, 0.15) is 0 Å². The fraction of sp³-hybridized carbons (Fsp3) is 0.467. The van der Waals surface area contributed by atoms with E-state index in [9.17, 15) is 0 Å². The number of aromatic nitrogens is 3. The molecule has 0 amide bonds. The van der Waals surface area contributed by atoms with Crippen LogP contribution in [0.1, 0.15) is 5.56 Å². The summed E-state index contributed by atoms with van der Waals surface area (Å²) in [5.74, 6) is 7.78. The summed E-state index contributed by atoms with van der Waals surface area (Å²) in [6.45, 7) is 6.74. The normalized spacial score (nSPS) is 16.0. The fourth-order valence-electron chi connectivity index (χ4n) is 2.37. The summed E-state index contributed by atoms with van der Waals surface area (Å²) < 4.78 is 6.93. The van der Waals surface area contributed by atoms with Gasteiger partial charge in [0, 0.05) is 31.0 Å². The first-order valence-corrected chi connectivity index (χ1v) is 8.43. The van der Waals surface area contributed by atoms with Crippen LogP contribution in [-0.2, 0) is 4.74 Å². The smallest absolute Gasteiger partial charge is 0.210 e. The number of nitrogen functional groups attached to an aromatic ring is 1. The topological polar surface area (TPSA) is 69.2 Å². The highest BCUT2D eigenvalue weighted by atomic mass is 32.2. The van der Waals surface area contributed by atoms with Gasteiger partial charge in [-0.3, -0.25) is 4.90 Å². The first-order chi connectivity index (χ1) is 10.7. The average Bonchev–Trinajstić information content (AvgIpc) is 2.90. The van der Waals surface area contributed by atoms with Crippen LogP contribution in [0.15, 0.2) is 29.4 Å². The molecular weight excluding hydrogens is 298 g/mol. The zero-order chi connectivity index (χ0) is 15.4. The Kier molecular flexibility index (Phi) is 4.97. The summed E-state index contributed by atoms with van der Waals surface area (Å²) in [5, 5.41) is 9.17. The molecule has 0 bridgehead atoms. The van der Waals surface area contributed by atoms with Crippen LogP contribution < -0.4 is 5.84 Å². The molecule has 2 N–H and O–H groups in total. The fourth-order valence-corrected chi connectivity index (χ4v) is 3.22. The zero-order valence-electron chi connectivity index (χ0n) is 12.7. The second-order valence-electron chi connectivity index (χ2n) is 5.34. The van der Waals surface area contributed by atoms with Gasteiger partial charge in [-0.2, -0.15) is 0 Å². The molecule has 1 aliphatic rings. The molecule has 1 aromatic carbocycles. The molecule has 7 heteroatoms. The highest BCUT2D eigenvalue weighted by Crippen LogP contribution is 2.21. The van der Waals surface area contributed by atoms with E-state index in [2.05, 4.69) is 34.2 Å². The van der Waals surface area contributed by atoms with Crippen molar-refractivity contribution >= 4 is 11.8 Å². The number of aryl methyl sites for hydroxylation is 1. The van der Waals surface area contributed by atoms with Crippen LogP contribution in [0, 0.1) is 6.92 Å². The third-order valence-corrected chi connectivity index (χ3v) is 4.64. The van der Waals surface area contributed by atoms with E-state index in [1.54, 1.807) is 16.4 Å². The Morgan fingerprint density at radius 3 is 2.64 bits per heavy atom. The summed E-state index contributed by atoms with van der Waals surface area (Å²) in [6.07, 6.45) is 0. The van der Waals surface area contributed by atoms with E-state index in [1.807, 2.05) is 12.1 Å². The van der Waals surface area contributed by atoms with Crippen molar-refractivity contribution in [2.45, 2.75) is 12.1 Å². The number of nitrogens with two attached hydrogens (primary N) is 1. The Hall–Kier alpha value is -1.57. The van der Waals surface area contributed by atoms with Crippen LogP contribution >= 0.6 is 11.8 Å². The maximum Gasteiger partial charge on any atom is 0.210 e. The summed E-state index contributed by atoms with van der Waals surface area (Å²) >= 11 is 1.64. The number of hydrogen-bond acceptors (Lipinski definition) is 6. The maximum atomic E-state index is 6.13. The third-order valence-electron chi connectivity index (χ3n) is 3.72. The molecule has 3 rings (SSSR count). The molecule has 6 nitrogen and oxygen atoms in total. The molecule has 22 heavy (non-hydrogen) atoms. The summed E-state index contributed by atoms with van der Waals surface area (Å²) in [4.78, 5) is 2.40. The lowest BCUT2D eigenvalue weighted by atomic mass is 10.1. The van der Waals surface area contributed by atoms with Gasteiger partial charge >= 0.3 is 0 Å². The Balaban J connectivity index is 1.59.